The second-order valence-corrected chi connectivity index (χ2v) is 7.72. The van der Waals surface area contributed by atoms with Gasteiger partial charge in [-0.05, 0) is 63.5 Å². The van der Waals surface area contributed by atoms with Crippen LogP contribution in [-0.4, -0.2) is 49.5 Å². The van der Waals surface area contributed by atoms with Crippen LogP contribution in [0.3, 0.4) is 0 Å². The maximum atomic E-state index is 6.25. The first kappa shape index (κ1) is 17.6. The Hall–Kier alpha value is 0.230. The van der Waals surface area contributed by atoms with Crippen LogP contribution < -0.4 is 5.32 Å². The second kappa shape index (κ2) is 8.76. The van der Waals surface area contributed by atoms with Crippen LogP contribution in [0.5, 0.6) is 0 Å². The lowest BCUT2D eigenvalue weighted by Gasteiger charge is -2.46. The van der Waals surface area contributed by atoms with Gasteiger partial charge in [-0.25, -0.2) is 0 Å². The third-order valence-electron chi connectivity index (χ3n) is 5.13. The molecule has 0 radical (unpaired) electrons. The monoisotopic (exact) mass is 315 g/mol. The van der Waals surface area contributed by atoms with Gasteiger partial charge in [-0.15, -0.1) is 0 Å². The van der Waals surface area contributed by atoms with Crippen molar-refractivity contribution < 1.29 is 9.47 Å². The van der Waals surface area contributed by atoms with Crippen LogP contribution in [0.1, 0.15) is 52.4 Å². The van der Waals surface area contributed by atoms with Gasteiger partial charge in [-0.1, -0.05) is 13.3 Å². The number of rotatable bonds is 7. The molecule has 0 aliphatic carbocycles. The van der Waals surface area contributed by atoms with E-state index < -0.39 is 0 Å². The fourth-order valence-electron chi connectivity index (χ4n) is 4.05. The quantitative estimate of drug-likeness (QED) is 0.779. The molecule has 1 N–H and O–H groups in total. The summed E-state index contributed by atoms with van der Waals surface area (Å²) >= 11 is 2.08. The lowest BCUT2D eigenvalue weighted by atomic mass is 9.77. The van der Waals surface area contributed by atoms with E-state index in [4.69, 9.17) is 9.47 Å². The van der Waals surface area contributed by atoms with Crippen LogP contribution in [0.2, 0.25) is 0 Å². The molecule has 4 heteroatoms. The molecule has 0 bridgehead atoms. The van der Waals surface area contributed by atoms with E-state index in [-0.39, 0.29) is 5.60 Å². The Labute approximate surface area is 134 Å². The van der Waals surface area contributed by atoms with Gasteiger partial charge in [0.15, 0.2) is 0 Å². The molecule has 124 valence electrons. The summed E-state index contributed by atoms with van der Waals surface area (Å²) in [6.45, 7) is 6.11. The van der Waals surface area contributed by atoms with Crippen molar-refractivity contribution >= 4 is 11.8 Å². The van der Waals surface area contributed by atoms with Crippen molar-refractivity contribution in [3.63, 3.8) is 0 Å². The van der Waals surface area contributed by atoms with Crippen molar-refractivity contribution in [3.8, 4) is 0 Å². The molecule has 2 fully saturated rings. The average Bonchev–Trinajstić information content (AvgIpc) is 2.49. The number of hydrogen-bond donors (Lipinski definition) is 1. The van der Waals surface area contributed by atoms with Crippen molar-refractivity contribution in [1.82, 2.24) is 5.32 Å². The predicted octanol–water partition coefficient (Wildman–Crippen LogP) is 3.47. The molecule has 2 aliphatic rings. The van der Waals surface area contributed by atoms with E-state index in [2.05, 4.69) is 38.0 Å². The Bertz CT molecular complexity index is 283. The maximum absolute atomic E-state index is 6.25. The predicted molar refractivity (Wildman–Crippen MR) is 91.1 cm³/mol. The van der Waals surface area contributed by atoms with Crippen molar-refractivity contribution in [3.05, 3.63) is 0 Å². The molecule has 2 saturated heterocycles. The van der Waals surface area contributed by atoms with Crippen molar-refractivity contribution in [2.75, 3.05) is 31.8 Å². The van der Waals surface area contributed by atoms with E-state index in [0.29, 0.717) is 18.1 Å². The molecule has 0 aromatic rings. The van der Waals surface area contributed by atoms with Gasteiger partial charge in [0.25, 0.3) is 0 Å². The first-order chi connectivity index (χ1) is 10.2. The van der Waals surface area contributed by atoms with Gasteiger partial charge in [0.1, 0.15) is 0 Å². The minimum absolute atomic E-state index is 0.173. The molecule has 1 spiro atoms. The molecule has 0 saturated carbocycles. The normalized spacial score (nSPS) is 28.4. The number of likely N-dealkylation sites (N-methyl/N-ethyl adjacent to an activating group) is 1. The highest BCUT2D eigenvalue weighted by atomic mass is 32.2. The molecular weight excluding hydrogens is 282 g/mol. The van der Waals surface area contributed by atoms with Gasteiger partial charge in [0.05, 0.1) is 11.7 Å². The van der Waals surface area contributed by atoms with E-state index in [9.17, 15) is 0 Å². The highest BCUT2D eigenvalue weighted by molar-refractivity contribution is 7.99. The fourth-order valence-corrected chi connectivity index (χ4v) is 5.29. The molecule has 21 heavy (non-hydrogen) atoms. The van der Waals surface area contributed by atoms with E-state index in [1.165, 1.54) is 43.6 Å². The highest BCUT2D eigenvalue weighted by Crippen LogP contribution is 2.41. The van der Waals surface area contributed by atoms with Crippen LogP contribution in [0.25, 0.3) is 0 Å². The third-order valence-corrected chi connectivity index (χ3v) is 6.12. The molecule has 2 heterocycles. The summed E-state index contributed by atoms with van der Waals surface area (Å²) in [6, 6.07) is 0.472. The van der Waals surface area contributed by atoms with Gasteiger partial charge in [0.2, 0.25) is 0 Å². The summed E-state index contributed by atoms with van der Waals surface area (Å²) in [7, 11) is 2.10. The summed E-state index contributed by atoms with van der Waals surface area (Å²) in [6.07, 6.45) is 7.55. The molecule has 2 aliphatic heterocycles. The largest absolute Gasteiger partial charge is 0.377 e. The zero-order valence-corrected chi connectivity index (χ0v) is 14.8. The zero-order valence-electron chi connectivity index (χ0n) is 14.0. The Balaban J connectivity index is 2.02. The summed E-state index contributed by atoms with van der Waals surface area (Å²) in [5.41, 5.74) is 0.173. The molecule has 2 rings (SSSR count). The van der Waals surface area contributed by atoms with E-state index in [0.717, 1.165) is 19.6 Å². The lowest BCUT2D eigenvalue weighted by Crippen LogP contribution is -2.52. The van der Waals surface area contributed by atoms with Crippen LogP contribution in [0.4, 0.5) is 0 Å². The first-order valence-electron chi connectivity index (χ1n) is 8.75. The zero-order chi connectivity index (χ0) is 15.1. The molecule has 0 aromatic carbocycles. The molecule has 0 amide bonds. The number of thioether (sulfide) groups is 1. The lowest BCUT2D eigenvalue weighted by molar-refractivity contribution is -0.116. The van der Waals surface area contributed by atoms with Gasteiger partial charge in [-0.2, -0.15) is 11.8 Å². The number of nitrogens with one attached hydrogen (secondary N) is 1. The third kappa shape index (κ3) is 4.60. The molecule has 3 unspecified atom stereocenters. The standard InChI is InChI=1S/C17H33NO2S/c1-4-6-15(19-5-2)16(18-3)14-7-10-20-17(13-14)8-11-21-12-9-17/h14-16,18H,4-13H2,1-3H3. The van der Waals surface area contributed by atoms with Crippen LogP contribution in [0.15, 0.2) is 0 Å². The molecule has 0 aromatic heterocycles. The van der Waals surface area contributed by atoms with Crippen molar-refractivity contribution in [2.45, 2.75) is 70.1 Å². The van der Waals surface area contributed by atoms with Gasteiger partial charge >= 0.3 is 0 Å². The molecule has 3 nitrogen and oxygen atoms in total. The van der Waals surface area contributed by atoms with Gasteiger partial charge < -0.3 is 14.8 Å². The summed E-state index contributed by atoms with van der Waals surface area (Å²) < 4.78 is 12.3. The Morgan fingerprint density at radius 2 is 2.10 bits per heavy atom. The minimum Gasteiger partial charge on any atom is -0.377 e. The van der Waals surface area contributed by atoms with E-state index >= 15 is 0 Å². The maximum Gasteiger partial charge on any atom is 0.0730 e. The summed E-state index contributed by atoms with van der Waals surface area (Å²) in [5.74, 6) is 3.22. The topological polar surface area (TPSA) is 30.5 Å². The number of hydrogen-bond acceptors (Lipinski definition) is 4. The van der Waals surface area contributed by atoms with Gasteiger partial charge in [-0.3, -0.25) is 0 Å². The van der Waals surface area contributed by atoms with Gasteiger partial charge in [0, 0.05) is 19.3 Å². The Morgan fingerprint density at radius 3 is 2.71 bits per heavy atom. The van der Waals surface area contributed by atoms with Crippen molar-refractivity contribution in [2.24, 2.45) is 5.92 Å². The number of ether oxygens (including phenoxy) is 2. The molecular formula is C17H33NO2S. The van der Waals surface area contributed by atoms with E-state index in [1.54, 1.807) is 0 Å². The SMILES string of the molecule is CCCC(OCC)C(NC)C1CCOC2(CCSCC2)C1. The van der Waals surface area contributed by atoms with Crippen LogP contribution in [-0.2, 0) is 9.47 Å². The minimum atomic E-state index is 0.173. The Kier molecular flexibility index (Phi) is 7.33. The second-order valence-electron chi connectivity index (χ2n) is 6.49. The molecule has 3 atom stereocenters. The highest BCUT2D eigenvalue weighted by Gasteiger charge is 2.42. The van der Waals surface area contributed by atoms with Crippen LogP contribution in [0, 0.1) is 5.92 Å². The first-order valence-corrected chi connectivity index (χ1v) is 9.90. The van der Waals surface area contributed by atoms with Crippen LogP contribution >= 0.6 is 11.8 Å². The van der Waals surface area contributed by atoms with Crippen molar-refractivity contribution in [1.29, 1.82) is 0 Å². The smallest absolute Gasteiger partial charge is 0.0730 e. The Morgan fingerprint density at radius 1 is 1.33 bits per heavy atom. The summed E-state index contributed by atoms with van der Waals surface area (Å²) in [5, 5.41) is 3.58. The van der Waals surface area contributed by atoms with E-state index in [1.807, 2.05) is 0 Å². The average molecular weight is 316 g/mol. The summed E-state index contributed by atoms with van der Waals surface area (Å²) in [4.78, 5) is 0. The fraction of sp³-hybridized carbons (Fsp3) is 1.00.